The van der Waals surface area contributed by atoms with Crippen LogP contribution in [-0.2, 0) is 0 Å². The highest BCUT2D eigenvalue weighted by Crippen LogP contribution is 2.26. The molecule has 0 bridgehead atoms. The molecule has 0 aliphatic carbocycles. The third kappa shape index (κ3) is 2.26. The maximum Gasteiger partial charge on any atom is 0.338 e. The Morgan fingerprint density at radius 3 is 2.60 bits per heavy atom. The van der Waals surface area contributed by atoms with Crippen molar-refractivity contribution in [3.05, 3.63) is 54.5 Å². The summed E-state index contributed by atoms with van der Waals surface area (Å²) in [6, 6.07) is 9.24. The molecule has 0 atom stereocenters. The van der Waals surface area contributed by atoms with Crippen LogP contribution in [-0.4, -0.2) is 26.0 Å². The number of hydrogen-bond acceptors (Lipinski definition) is 5. The summed E-state index contributed by atoms with van der Waals surface area (Å²) >= 11 is 0. The first kappa shape index (κ1) is 12.0. The van der Waals surface area contributed by atoms with E-state index in [2.05, 4.69) is 15.0 Å². The van der Waals surface area contributed by atoms with Crippen LogP contribution in [0.2, 0.25) is 0 Å². The third-order valence-corrected chi connectivity index (χ3v) is 2.68. The fraction of sp³-hybridized carbons (Fsp3) is 0. The monoisotopic (exact) mass is 267 g/mol. The molecule has 0 saturated heterocycles. The first-order valence-electron chi connectivity index (χ1n) is 5.81. The van der Waals surface area contributed by atoms with Gasteiger partial charge in [-0.1, -0.05) is 6.07 Å². The maximum atomic E-state index is 10.7. The second-order valence-electron chi connectivity index (χ2n) is 3.99. The average molecular weight is 267 g/mol. The number of carboxylic acids is 1. The number of rotatable bonds is 3. The molecule has 0 spiro atoms. The van der Waals surface area contributed by atoms with Crippen LogP contribution in [0, 0.1) is 0 Å². The Morgan fingerprint density at radius 1 is 1.05 bits per heavy atom. The van der Waals surface area contributed by atoms with Gasteiger partial charge in [-0.15, -0.1) is 0 Å². The Labute approximate surface area is 113 Å². The molecular weight excluding hydrogens is 258 g/mol. The summed E-state index contributed by atoms with van der Waals surface area (Å²) in [4.78, 5) is 22.7. The van der Waals surface area contributed by atoms with Gasteiger partial charge in [0, 0.05) is 24.0 Å². The number of hydrogen-bond donors (Lipinski definition) is 1. The molecular formula is C14H9N3O3. The van der Waals surface area contributed by atoms with Crippen molar-refractivity contribution in [1.29, 1.82) is 0 Å². The summed E-state index contributed by atoms with van der Waals surface area (Å²) in [5.74, 6) is -0.510. The number of aromatic carboxylic acids is 1. The zero-order valence-electron chi connectivity index (χ0n) is 10.2. The number of fused-ring (bicyclic) bond motifs is 1. The molecule has 2 heterocycles. The first-order valence-corrected chi connectivity index (χ1v) is 5.81. The largest absolute Gasteiger partial charge is 0.478 e. The van der Waals surface area contributed by atoms with Crippen molar-refractivity contribution >= 4 is 16.9 Å². The summed E-state index contributed by atoms with van der Waals surface area (Å²) in [5, 5.41) is 9.61. The summed E-state index contributed by atoms with van der Waals surface area (Å²) in [5.41, 5.74) is 0.809. The van der Waals surface area contributed by atoms with E-state index in [1.807, 2.05) is 24.3 Å². The van der Waals surface area contributed by atoms with E-state index in [4.69, 9.17) is 9.84 Å². The Balaban J connectivity index is 1.95. The van der Waals surface area contributed by atoms with E-state index in [0.717, 1.165) is 10.9 Å². The quantitative estimate of drug-likeness (QED) is 0.784. The minimum atomic E-state index is -1.08. The van der Waals surface area contributed by atoms with Gasteiger partial charge < -0.3 is 9.84 Å². The highest BCUT2D eigenvalue weighted by atomic mass is 16.5. The summed E-state index contributed by atoms with van der Waals surface area (Å²) < 4.78 is 5.57. The summed E-state index contributed by atoms with van der Waals surface area (Å²) in [7, 11) is 0. The van der Waals surface area contributed by atoms with Crippen molar-refractivity contribution in [2.45, 2.75) is 0 Å². The Kier molecular flexibility index (Phi) is 2.96. The van der Waals surface area contributed by atoms with Crippen LogP contribution in [0.1, 0.15) is 10.4 Å². The number of pyridine rings is 1. The fourth-order valence-corrected chi connectivity index (χ4v) is 1.74. The van der Waals surface area contributed by atoms with Crippen LogP contribution in [0.5, 0.6) is 11.8 Å². The highest BCUT2D eigenvalue weighted by molar-refractivity contribution is 5.87. The number of nitrogens with zero attached hydrogens (tertiary/aromatic N) is 3. The molecule has 1 aromatic carbocycles. The number of carbonyl (C=O) groups is 1. The number of ether oxygens (including phenoxy) is 1. The molecule has 0 radical (unpaired) electrons. The maximum absolute atomic E-state index is 10.7. The molecule has 0 unspecified atom stereocenters. The molecule has 2 aromatic heterocycles. The molecule has 0 fully saturated rings. The summed E-state index contributed by atoms with van der Waals surface area (Å²) in [6.07, 6.45) is 4.10. The molecule has 3 rings (SSSR count). The van der Waals surface area contributed by atoms with Crippen LogP contribution in [0.25, 0.3) is 10.9 Å². The molecule has 98 valence electrons. The molecule has 20 heavy (non-hydrogen) atoms. The van der Waals surface area contributed by atoms with E-state index in [1.54, 1.807) is 12.3 Å². The van der Waals surface area contributed by atoms with Crippen molar-refractivity contribution in [2.24, 2.45) is 0 Å². The van der Waals surface area contributed by atoms with Crippen molar-refractivity contribution < 1.29 is 14.6 Å². The topological polar surface area (TPSA) is 85.2 Å². The van der Waals surface area contributed by atoms with Gasteiger partial charge in [-0.2, -0.15) is 0 Å². The Hall–Kier alpha value is -3.02. The van der Waals surface area contributed by atoms with Crippen LogP contribution in [0.15, 0.2) is 48.9 Å². The lowest BCUT2D eigenvalue weighted by molar-refractivity contribution is 0.0696. The number of benzene rings is 1. The van der Waals surface area contributed by atoms with E-state index >= 15 is 0 Å². The number of carboxylic acid groups (broad SMARTS) is 1. The smallest absolute Gasteiger partial charge is 0.338 e. The van der Waals surface area contributed by atoms with Crippen molar-refractivity contribution in [3.8, 4) is 11.8 Å². The van der Waals surface area contributed by atoms with Crippen LogP contribution in [0.4, 0.5) is 0 Å². The predicted octanol–water partition coefficient (Wildman–Crippen LogP) is 2.52. The molecule has 0 aliphatic rings. The predicted molar refractivity (Wildman–Crippen MR) is 70.8 cm³/mol. The van der Waals surface area contributed by atoms with Crippen molar-refractivity contribution in [2.75, 3.05) is 0 Å². The van der Waals surface area contributed by atoms with E-state index in [9.17, 15) is 4.79 Å². The van der Waals surface area contributed by atoms with Gasteiger partial charge in [0.2, 0.25) is 0 Å². The van der Waals surface area contributed by atoms with Gasteiger partial charge in [-0.05, 0) is 24.3 Å². The van der Waals surface area contributed by atoms with Crippen molar-refractivity contribution in [3.63, 3.8) is 0 Å². The van der Waals surface area contributed by atoms with E-state index in [1.165, 1.54) is 12.4 Å². The van der Waals surface area contributed by atoms with Gasteiger partial charge in [0.25, 0.3) is 0 Å². The zero-order valence-corrected chi connectivity index (χ0v) is 10.2. The molecule has 6 heteroatoms. The first-order chi connectivity index (χ1) is 9.74. The minimum Gasteiger partial charge on any atom is -0.478 e. The molecule has 0 saturated carbocycles. The Bertz CT molecular complexity index is 767. The van der Waals surface area contributed by atoms with Crippen molar-refractivity contribution in [1.82, 2.24) is 15.0 Å². The van der Waals surface area contributed by atoms with E-state index < -0.39 is 5.97 Å². The highest BCUT2D eigenvalue weighted by Gasteiger charge is 2.08. The van der Waals surface area contributed by atoms with Gasteiger partial charge in [0.1, 0.15) is 5.75 Å². The lowest BCUT2D eigenvalue weighted by Crippen LogP contribution is -2.00. The lowest BCUT2D eigenvalue weighted by atomic mass is 10.2. The van der Waals surface area contributed by atoms with Crippen LogP contribution in [0.3, 0.4) is 0 Å². The van der Waals surface area contributed by atoms with Gasteiger partial charge in [0.05, 0.1) is 11.1 Å². The summed E-state index contributed by atoms with van der Waals surface area (Å²) in [6.45, 7) is 0. The second-order valence-corrected chi connectivity index (χ2v) is 3.99. The number of aromatic nitrogens is 3. The average Bonchev–Trinajstić information content (AvgIpc) is 2.48. The van der Waals surface area contributed by atoms with Gasteiger partial charge >= 0.3 is 12.0 Å². The third-order valence-electron chi connectivity index (χ3n) is 2.68. The Morgan fingerprint density at radius 2 is 1.85 bits per heavy atom. The van der Waals surface area contributed by atoms with E-state index in [-0.39, 0.29) is 11.6 Å². The van der Waals surface area contributed by atoms with Crippen LogP contribution < -0.4 is 4.74 Å². The van der Waals surface area contributed by atoms with Gasteiger partial charge in [-0.3, -0.25) is 4.98 Å². The fourth-order valence-electron chi connectivity index (χ4n) is 1.74. The zero-order chi connectivity index (χ0) is 13.9. The van der Waals surface area contributed by atoms with Crippen LogP contribution >= 0.6 is 0 Å². The molecule has 6 nitrogen and oxygen atoms in total. The van der Waals surface area contributed by atoms with E-state index in [0.29, 0.717) is 5.75 Å². The molecule has 3 aromatic rings. The molecule has 1 N–H and O–H groups in total. The minimum absolute atomic E-state index is 0.0111. The van der Waals surface area contributed by atoms with Gasteiger partial charge in [-0.25, -0.2) is 14.8 Å². The molecule has 0 amide bonds. The normalized spacial score (nSPS) is 10.4. The SMILES string of the molecule is O=C(O)c1cnc(Oc2cccc3ncccc23)nc1. The second kappa shape index (κ2) is 4.93. The molecule has 0 aliphatic heterocycles. The lowest BCUT2D eigenvalue weighted by Gasteiger charge is -2.06. The standard InChI is InChI=1S/C14H9N3O3/c18-13(19)9-7-16-14(17-8-9)20-12-5-1-4-11-10(12)3-2-6-15-11/h1-8H,(H,18,19). The van der Waals surface area contributed by atoms with Gasteiger partial charge in [0.15, 0.2) is 0 Å².